The number of sulfonamides is 3. The van der Waals surface area contributed by atoms with E-state index >= 15 is 0 Å². The van der Waals surface area contributed by atoms with Gasteiger partial charge in [0.25, 0.3) is 20.0 Å². The van der Waals surface area contributed by atoms with Crippen LogP contribution >= 0.6 is 11.3 Å². The molecule has 0 unspecified atom stereocenters. The molecule has 7 aromatic carbocycles. The van der Waals surface area contributed by atoms with E-state index in [9.17, 15) is 59.8 Å². The highest BCUT2D eigenvalue weighted by Crippen LogP contribution is 2.23. The van der Waals surface area contributed by atoms with Crippen LogP contribution in [0.15, 0.2) is 196 Å². The Labute approximate surface area is 468 Å². The summed E-state index contributed by atoms with van der Waals surface area (Å²) in [6.45, 7) is 3.24. The summed E-state index contributed by atoms with van der Waals surface area (Å²) in [6.07, 6.45) is 3.71. The summed E-state index contributed by atoms with van der Waals surface area (Å²) in [5.41, 5.74) is 7.55. The van der Waals surface area contributed by atoms with Crippen molar-refractivity contribution in [2.75, 3.05) is 14.2 Å². The SMILES string of the molecule is CC(C)S(=O)(=O)Nc1ccc(CCc2ccccc2C(=O)O)cc1.O=C(O)c1ccc(S(=O)(=O)Nc2ccc(CCc3ccccc3C(=O)O)cc2)cc1.O=C(O)c1ccccc1CCc1ccc(NS(=O)(=O)c2cccs2)cc1. The van der Waals surface area contributed by atoms with Crippen molar-refractivity contribution in [2.45, 2.75) is 66.7 Å². The number of anilines is 3. The molecule has 8 aromatic rings. The smallest absolute Gasteiger partial charge is 0.335 e. The molecule has 80 heavy (non-hydrogen) atoms. The van der Waals surface area contributed by atoms with Gasteiger partial charge < -0.3 is 20.4 Å². The summed E-state index contributed by atoms with van der Waals surface area (Å²) < 4.78 is 80.8. The second-order valence-corrected chi connectivity index (χ2v) is 24.9. The second-order valence-electron chi connectivity index (χ2n) is 18.1. The summed E-state index contributed by atoms with van der Waals surface area (Å²) in [6, 6.07) is 49.9. The van der Waals surface area contributed by atoms with Gasteiger partial charge in [-0.2, -0.15) is 0 Å². The van der Waals surface area contributed by atoms with E-state index in [2.05, 4.69) is 14.2 Å². The van der Waals surface area contributed by atoms with Crippen LogP contribution in [0.3, 0.4) is 0 Å². The van der Waals surface area contributed by atoms with Crippen LogP contribution in [0.1, 0.15) is 88.7 Å². The molecule has 7 N–H and O–H groups in total. The first kappa shape index (κ1) is 60.6. The third-order valence-corrected chi connectivity index (χ3v) is 18.1. The van der Waals surface area contributed by atoms with Crippen LogP contribution in [0.5, 0.6) is 0 Å². The fourth-order valence-electron chi connectivity index (χ4n) is 7.79. The third-order valence-electron chi connectivity index (χ3n) is 12.2. The van der Waals surface area contributed by atoms with Crippen LogP contribution in [0, 0.1) is 0 Å². The lowest BCUT2D eigenvalue weighted by Crippen LogP contribution is -2.22. The Bertz CT molecular complexity index is 3760. The van der Waals surface area contributed by atoms with Crippen LogP contribution in [-0.2, 0) is 68.6 Å². The standard InChI is InChI=1S/C22H19NO6S.C19H17NO4S2.C18H21NO4S/c24-21(25)17-9-13-19(14-10-17)30(28,29)23-18-11-6-15(7-12-18)5-8-16-3-1-2-4-20(16)22(26)27;21-19(22)17-5-2-1-4-15(17)10-7-14-8-11-16(12-9-14)20-26(23,24)18-6-3-13-25-18;1-13(2)24(22,23)19-16-11-8-14(9-12-16)7-10-15-5-3-4-6-17(15)18(20)21/h1-4,6-7,9-14,23H,5,8H2,(H,24,25)(H,26,27);1-6,8-9,11-13,20H,7,10H2,(H,21,22);3-6,8-9,11-13,19H,7,10H2,1-2H3,(H,20,21). The lowest BCUT2D eigenvalue weighted by molar-refractivity contribution is 0.0684. The number of aromatic carboxylic acids is 4. The van der Waals surface area contributed by atoms with Crippen molar-refractivity contribution >= 4 is 82.3 Å². The predicted octanol–water partition coefficient (Wildman–Crippen LogP) is 11.0. The van der Waals surface area contributed by atoms with Gasteiger partial charge in [-0.1, -0.05) is 97.1 Å². The lowest BCUT2D eigenvalue weighted by atomic mass is 10.00. The molecule has 0 aliphatic rings. The van der Waals surface area contributed by atoms with E-state index in [4.69, 9.17) is 5.11 Å². The number of hydrogen-bond donors (Lipinski definition) is 7. The van der Waals surface area contributed by atoms with E-state index in [1.807, 2.05) is 48.5 Å². The molecule has 0 amide bonds. The molecular weight excluding hydrogens is 1100 g/mol. The molecule has 17 nitrogen and oxygen atoms in total. The van der Waals surface area contributed by atoms with Crippen LogP contribution in [0.2, 0.25) is 0 Å². The minimum absolute atomic E-state index is 0.00257. The van der Waals surface area contributed by atoms with Gasteiger partial charge >= 0.3 is 23.9 Å². The minimum Gasteiger partial charge on any atom is -0.478 e. The highest BCUT2D eigenvalue weighted by molar-refractivity contribution is 7.94. The number of nitrogens with one attached hydrogen (secondary N) is 3. The molecule has 0 bridgehead atoms. The van der Waals surface area contributed by atoms with E-state index < -0.39 is 59.2 Å². The Balaban J connectivity index is 0.000000195. The average Bonchev–Trinajstić information content (AvgIpc) is 4.01. The van der Waals surface area contributed by atoms with Crippen LogP contribution in [-0.4, -0.2) is 74.8 Å². The minimum atomic E-state index is -3.85. The van der Waals surface area contributed by atoms with Crippen LogP contribution < -0.4 is 14.2 Å². The van der Waals surface area contributed by atoms with Gasteiger partial charge in [-0.25, -0.2) is 44.4 Å². The van der Waals surface area contributed by atoms with Gasteiger partial charge in [0.1, 0.15) is 4.21 Å². The monoisotopic (exact) mass is 1160 g/mol. The molecule has 1 heterocycles. The summed E-state index contributed by atoms with van der Waals surface area (Å²) in [5, 5.41) is 37.8. The first-order valence-corrected chi connectivity index (χ1v) is 30.0. The van der Waals surface area contributed by atoms with Crippen molar-refractivity contribution in [2.24, 2.45) is 0 Å². The highest BCUT2D eigenvalue weighted by Gasteiger charge is 2.19. The molecule has 21 heteroatoms. The highest BCUT2D eigenvalue weighted by atomic mass is 32.2. The topological polar surface area (TPSA) is 288 Å². The summed E-state index contributed by atoms with van der Waals surface area (Å²) in [5.74, 6) is -3.96. The van der Waals surface area contributed by atoms with Crippen molar-refractivity contribution in [3.8, 4) is 0 Å². The van der Waals surface area contributed by atoms with Gasteiger partial charge in [-0.3, -0.25) is 14.2 Å². The van der Waals surface area contributed by atoms with Crippen molar-refractivity contribution in [3.63, 3.8) is 0 Å². The maximum atomic E-state index is 12.5. The molecule has 0 atom stereocenters. The van der Waals surface area contributed by atoms with Crippen LogP contribution in [0.25, 0.3) is 0 Å². The Hall–Kier alpha value is -8.63. The second kappa shape index (κ2) is 27.8. The van der Waals surface area contributed by atoms with Gasteiger partial charge in [0.2, 0.25) is 10.0 Å². The fraction of sp³-hybridized carbons (Fsp3) is 0.153. The van der Waals surface area contributed by atoms with E-state index in [0.29, 0.717) is 66.7 Å². The molecule has 1 aromatic heterocycles. The van der Waals surface area contributed by atoms with E-state index in [1.165, 1.54) is 24.3 Å². The summed E-state index contributed by atoms with van der Waals surface area (Å²) in [7, 11) is -10.7. The van der Waals surface area contributed by atoms with E-state index in [-0.39, 0.29) is 20.2 Å². The quantitative estimate of drug-likeness (QED) is 0.0332. The molecule has 0 saturated carbocycles. The van der Waals surface area contributed by atoms with E-state index in [1.54, 1.807) is 128 Å². The Morgan fingerprint density at radius 1 is 0.400 bits per heavy atom. The number of hydrogen-bond acceptors (Lipinski definition) is 11. The molecule has 0 saturated heterocycles. The third kappa shape index (κ3) is 17.7. The zero-order chi connectivity index (χ0) is 58.0. The lowest BCUT2D eigenvalue weighted by Gasteiger charge is -2.11. The van der Waals surface area contributed by atoms with Gasteiger partial charge in [-0.15, -0.1) is 11.3 Å². The van der Waals surface area contributed by atoms with Gasteiger partial charge in [0, 0.05) is 17.1 Å². The van der Waals surface area contributed by atoms with Gasteiger partial charge in [-0.05, 0) is 176 Å². The maximum absolute atomic E-state index is 12.5. The largest absolute Gasteiger partial charge is 0.478 e. The number of carbonyl (C=O) groups is 4. The van der Waals surface area contributed by atoms with Crippen LogP contribution in [0.4, 0.5) is 17.1 Å². The van der Waals surface area contributed by atoms with Crippen molar-refractivity contribution in [1.29, 1.82) is 0 Å². The number of carboxylic acid groups (broad SMARTS) is 4. The first-order valence-electron chi connectivity index (χ1n) is 24.7. The molecule has 0 spiro atoms. The molecule has 0 aliphatic heterocycles. The summed E-state index contributed by atoms with van der Waals surface area (Å²) >= 11 is 1.16. The van der Waals surface area contributed by atoms with Gasteiger partial charge in [0.05, 0.1) is 32.4 Å². The normalized spacial score (nSPS) is 11.2. The van der Waals surface area contributed by atoms with Gasteiger partial charge in [0.15, 0.2) is 0 Å². The molecule has 8 rings (SSSR count). The predicted molar refractivity (Wildman–Crippen MR) is 309 cm³/mol. The summed E-state index contributed by atoms with van der Waals surface area (Å²) in [4.78, 5) is 44.6. The van der Waals surface area contributed by atoms with Crippen molar-refractivity contribution in [3.05, 3.63) is 243 Å². The Kier molecular flexibility index (Phi) is 21.1. The zero-order valence-corrected chi connectivity index (χ0v) is 46.5. The number of aryl methyl sites for hydroxylation is 6. The number of rotatable bonds is 22. The number of carboxylic acids is 4. The maximum Gasteiger partial charge on any atom is 0.335 e. The number of thiophene rings is 1. The Morgan fingerprint density at radius 3 is 1.07 bits per heavy atom. The zero-order valence-electron chi connectivity index (χ0n) is 43.2. The fourth-order valence-corrected chi connectivity index (χ4v) is 11.6. The molecule has 0 radical (unpaired) electrons. The molecule has 416 valence electrons. The number of benzene rings is 7. The molecule has 0 aliphatic carbocycles. The van der Waals surface area contributed by atoms with Crippen molar-refractivity contribution < 1.29 is 64.9 Å². The molecule has 0 fully saturated rings. The average molecular weight is 1160 g/mol. The van der Waals surface area contributed by atoms with E-state index in [0.717, 1.165) is 44.7 Å². The Morgan fingerprint density at radius 2 is 0.750 bits per heavy atom. The first-order chi connectivity index (χ1) is 38.0. The van der Waals surface area contributed by atoms with Crippen molar-refractivity contribution in [1.82, 2.24) is 0 Å². The molecular formula is C59H57N3O14S4.